The summed E-state index contributed by atoms with van der Waals surface area (Å²) in [5, 5.41) is 0.920. The van der Waals surface area contributed by atoms with E-state index in [-0.39, 0.29) is 11.9 Å². The van der Waals surface area contributed by atoms with Crippen LogP contribution in [0.25, 0.3) is 10.9 Å². The molecule has 5 rings (SSSR count). The minimum absolute atomic E-state index is 0.0468. The van der Waals surface area contributed by atoms with Crippen molar-refractivity contribution < 1.29 is 14.3 Å². The molecule has 0 aliphatic carbocycles. The summed E-state index contributed by atoms with van der Waals surface area (Å²) in [6, 6.07) is 9.18. The first kappa shape index (κ1) is 18.5. The van der Waals surface area contributed by atoms with E-state index in [1.165, 1.54) is 0 Å². The van der Waals surface area contributed by atoms with E-state index >= 15 is 0 Å². The lowest BCUT2D eigenvalue weighted by Gasteiger charge is -2.35. The van der Waals surface area contributed by atoms with Crippen molar-refractivity contribution in [3.8, 4) is 0 Å². The number of morpholine rings is 1. The van der Waals surface area contributed by atoms with Gasteiger partial charge < -0.3 is 20.1 Å². The van der Waals surface area contributed by atoms with Crippen LogP contribution < -0.4 is 5.73 Å². The number of pyridine rings is 2. The molecule has 148 valence electrons. The van der Waals surface area contributed by atoms with Gasteiger partial charge in [0.1, 0.15) is 5.82 Å². The van der Waals surface area contributed by atoms with E-state index in [1.807, 2.05) is 29.2 Å². The van der Waals surface area contributed by atoms with Crippen LogP contribution in [0.4, 0.5) is 5.82 Å². The van der Waals surface area contributed by atoms with Crippen molar-refractivity contribution in [3.05, 3.63) is 63.4 Å². The average molecular weight is 455 g/mol. The highest BCUT2D eigenvalue weighted by Gasteiger charge is 2.31. The lowest BCUT2D eigenvalue weighted by atomic mass is 10.0. The maximum Gasteiger partial charge on any atom is 0.254 e. The van der Waals surface area contributed by atoms with Crippen molar-refractivity contribution in [3.63, 3.8) is 0 Å². The highest BCUT2D eigenvalue weighted by atomic mass is 79.9. The summed E-state index contributed by atoms with van der Waals surface area (Å²) in [5.74, 6) is 0.452. The van der Waals surface area contributed by atoms with Gasteiger partial charge in [-0.15, -0.1) is 0 Å². The van der Waals surface area contributed by atoms with Crippen molar-refractivity contribution >= 4 is 38.6 Å². The summed E-state index contributed by atoms with van der Waals surface area (Å²) in [7, 11) is 0. The number of nitrogen functional groups attached to an aromatic ring is 1. The predicted octanol–water partition coefficient (Wildman–Crippen LogP) is 3.22. The number of carbonyl (C=O) groups is 1. The monoisotopic (exact) mass is 454 g/mol. The fourth-order valence-corrected chi connectivity index (χ4v) is 4.18. The quantitative estimate of drug-likeness (QED) is 0.638. The zero-order valence-electron chi connectivity index (χ0n) is 15.6. The van der Waals surface area contributed by atoms with Crippen LogP contribution in [0.5, 0.6) is 0 Å². The minimum Gasteiger partial charge on any atom is -0.383 e. The van der Waals surface area contributed by atoms with Gasteiger partial charge in [-0.1, -0.05) is 0 Å². The zero-order chi connectivity index (χ0) is 20.0. The molecule has 8 heteroatoms. The van der Waals surface area contributed by atoms with Crippen LogP contribution in [0.3, 0.4) is 0 Å². The molecule has 2 aliphatic heterocycles. The van der Waals surface area contributed by atoms with Gasteiger partial charge in [0, 0.05) is 33.7 Å². The smallest absolute Gasteiger partial charge is 0.254 e. The predicted molar refractivity (Wildman–Crippen MR) is 111 cm³/mol. The van der Waals surface area contributed by atoms with Crippen molar-refractivity contribution in [1.82, 2.24) is 14.9 Å². The molecule has 1 atom stereocenters. The summed E-state index contributed by atoms with van der Waals surface area (Å²) in [6.07, 6.45) is 1.74. The van der Waals surface area contributed by atoms with E-state index in [1.54, 1.807) is 12.3 Å². The fraction of sp³-hybridized carbons (Fsp3) is 0.286. The number of fused-ring (bicyclic) bond motifs is 3. The summed E-state index contributed by atoms with van der Waals surface area (Å²) in [4.78, 5) is 24.2. The van der Waals surface area contributed by atoms with Crippen molar-refractivity contribution in [2.24, 2.45) is 0 Å². The van der Waals surface area contributed by atoms with E-state index in [0.29, 0.717) is 44.4 Å². The number of carbonyl (C=O) groups excluding carboxylic acids is 1. The van der Waals surface area contributed by atoms with Crippen molar-refractivity contribution in [2.45, 2.75) is 19.3 Å². The van der Waals surface area contributed by atoms with Gasteiger partial charge in [0.05, 0.1) is 43.7 Å². The Morgan fingerprint density at radius 3 is 2.86 bits per heavy atom. The summed E-state index contributed by atoms with van der Waals surface area (Å²) >= 11 is 3.40. The molecule has 2 aromatic heterocycles. The lowest BCUT2D eigenvalue weighted by molar-refractivity contribution is -0.00389. The van der Waals surface area contributed by atoms with Gasteiger partial charge in [-0.05, 0) is 51.8 Å². The van der Waals surface area contributed by atoms with Crippen LogP contribution in [0.2, 0.25) is 0 Å². The Morgan fingerprint density at radius 2 is 2.03 bits per heavy atom. The maximum atomic E-state index is 13.4. The Labute approximate surface area is 176 Å². The van der Waals surface area contributed by atoms with Gasteiger partial charge in [0.2, 0.25) is 0 Å². The molecule has 1 aromatic carbocycles. The summed E-state index contributed by atoms with van der Waals surface area (Å²) in [5.41, 5.74) is 10.2. The molecule has 1 amide bonds. The zero-order valence-corrected chi connectivity index (χ0v) is 17.2. The molecule has 0 saturated carbocycles. The maximum absolute atomic E-state index is 13.4. The van der Waals surface area contributed by atoms with Crippen LogP contribution in [-0.4, -0.2) is 40.5 Å². The Kier molecular flexibility index (Phi) is 4.69. The van der Waals surface area contributed by atoms with E-state index in [0.717, 1.165) is 32.2 Å². The van der Waals surface area contributed by atoms with Gasteiger partial charge in [-0.2, -0.15) is 0 Å². The molecular formula is C21H19BrN4O3. The largest absolute Gasteiger partial charge is 0.383 e. The van der Waals surface area contributed by atoms with Crippen molar-refractivity contribution in [2.75, 3.05) is 25.5 Å². The fourth-order valence-electron chi connectivity index (χ4n) is 3.95. The third-order valence-electron chi connectivity index (χ3n) is 5.46. The standard InChI is InChI=1S/C21H19BrN4O3/c22-13-2-4-18(24-8-13)19-11-28-6-5-26(19)21(27)12-1-3-17-14(7-12)15-9-29-10-16(15)20(23)25-17/h1-4,7-8,19H,5-6,9-11H2,(H2,23,25)/t19-/m0/s1. The molecular weight excluding hydrogens is 436 g/mol. The molecule has 0 radical (unpaired) electrons. The molecule has 1 fully saturated rings. The highest BCUT2D eigenvalue weighted by molar-refractivity contribution is 9.10. The highest BCUT2D eigenvalue weighted by Crippen LogP contribution is 2.32. The first-order valence-electron chi connectivity index (χ1n) is 9.40. The number of nitrogens with zero attached hydrogens (tertiary/aromatic N) is 3. The molecule has 7 nitrogen and oxygen atoms in total. The molecule has 2 aliphatic rings. The molecule has 0 unspecified atom stereocenters. The Balaban J connectivity index is 1.52. The number of halogens is 1. The number of aromatic nitrogens is 2. The topological polar surface area (TPSA) is 90.6 Å². The molecule has 0 spiro atoms. The number of ether oxygens (including phenoxy) is 2. The SMILES string of the molecule is Nc1nc2ccc(C(=O)N3CCOC[C@H]3c3ccc(Br)cn3)cc2c2c1COC2. The van der Waals surface area contributed by atoms with E-state index < -0.39 is 0 Å². The summed E-state index contributed by atoms with van der Waals surface area (Å²) < 4.78 is 12.1. The third kappa shape index (κ3) is 3.27. The number of amides is 1. The van der Waals surface area contributed by atoms with Crippen molar-refractivity contribution in [1.29, 1.82) is 0 Å². The number of nitrogens with two attached hydrogens (primary N) is 1. The molecule has 3 aromatic rings. The first-order valence-corrected chi connectivity index (χ1v) is 10.2. The number of anilines is 1. The third-order valence-corrected chi connectivity index (χ3v) is 5.93. The molecule has 29 heavy (non-hydrogen) atoms. The van der Waals surface area contributed by atoms with E-state index in [4.69, 9.17) is 15.2 Å². The minimum atomic E-state index is -0.223. The average Bonchev–Trinajstić information content (AvgIpc) is 3.25. The Bertz CT molecular complexity index is 1100. The second kappa shape index (κ2) is 7.37. The number of hydrogen-bond acceptors (Lipinski definition) is 6. The van der Waals surface area contributed by atoms with Gasteiger partial charge in [-0.25, -0.2) is 4.98 Å². The van der Waals surface area contributed by atoms with Crippen LogP contribution in [-0.2, 0) is 22.7 Å². The summed E-state index contributed by atoms with van der Waals surface area (Å²) in [6.45, 7) is 2.39. The second-order valence-electron chi connectivity index (χ2n) is 7.17. The number of hydrogen-bond donors (Lipinski definition) is 1. The van der Waals surface area contributed by atoms with Gasteiger partial charge in [0.25, 0.3) is 5.91 Å². The normalized spacial score (nSPS) is 18.8. The second-order valence-corrected chi connectivity index (χ2v) is 8.09. The first-order chi connectivity index (χ1) is 14.1. The number of rotatable bonds is 2. The lowest BCUT2D eigenvalue weighted by Crippen LogP contribution is -2.43. The number of benzene rings is 1. The van der Waals surface area contributed by atoms with Gasteiger partial charge in [0.15, 0.2) is 0 Å². The van der Waals surface area contributed by atoms with E-state index in [9.17, 15) is 4.79 Å². The van der Waals surface area contributed by atoms with Crippen LogP contribution >= 0.6 is 15.9 Å². The molecule has 1 saturated heterocycles. The van der Waals surface area contributed by atoms with Crippen LogP contribution in [0, 0.1) is 0 Å². The van der Waals surface area contributed by atoms with Crippen LogP contribution in [0.15, 0.2) is 41.0 Å². The Hall–Kier alpha value is -2.55. The molecule has 0 bridgehead atoms. The molecule has 4 heterocycles. The van der Waals surface area contributed by atoms with Crippen LogP contribution in [0.1, 0.15) is 33.2 Å². The van der Waals surface area contributed by atoms with Gasteiger partial charge in [-0.3, -0.25) is 9.78 Å². The Morgan fingerprint density at radius 1 is 1.17 bits per heavy atom. The van der Waals surface area contributed by atoms with E-state index in [2.05, 4.69) is 25.9 Å². The van der Waals surface area contributed by atoms with Gasteiger partial charge >= 0.3 is 0 Å². The molecule has 2 N–H and O–H groups in total.